The number of rotatable bonds is 3. The third-order valence-electron chi connectivity index (χ3n) is 3.91. The zero-order valence-corrected chi connectivity index (χ0v) is 14.1. The monoisotopic (exact) mass is 339 g/mol. The van der Waals surface area contributed by atoms with E-state index in [9.17, 15) is 8.42 Å². The molecular weight excluding hydrogens is 322 g/mol. The van der Waals surface area contributed by atoms with Crippen molar-refractivity contribution in [3.05, 3.63) is 47.0 Å². The molecule has 0 N–H and O–H groups in total. The first-order chi connectivity index (χ1) is 10.4. The van der Waals surface area contributed by atoms with Gasteiger partial charge >= 0.3 is 0 Å². The van der Waals surface area contributed by atoms with Gasteiger partial charge < -0.3 is 4.57 Å². The Bertz CT molecular complexity index is 782. The van der Waals surface area contributed by atoms with Gasteiger partial charge in [-0.05, 0) is 38.1 Å². The lowest BCUT2D eigenvalue weighted by Crippen LogP contribution is -2.36. The number of sulfonamides is 1. The molecule has 7 heteroatoms. The molecule has 0 fully saturated rings. The number of imidazole rings is 1. The predicted molar refractivity (Wildman–Crippen MR) is 85.4 cm³/mol. The highest BCUT2D eigenvalue weighted by molar-refractivity contribution is 7.89. The summed E-state index contributed by atoms with van der Waals surface area (Å²) in [6.07, 6.45) is 2.44. The van der Waals surface area contributed by atoms with E-state index in [4.69, 9.17) is 11.6 Å². The van der Waals surface area contributed by atoms with Crippen molar-refractivity contribution in [1.29, 1.82) is 0 Å². The Morgan fingerprint density at radius 1 is 1.23 bits per heavy atom. The molecule has 2 heterocycles. The minimum absolute atomic E-state index is 0.259. The fourth-order valence-electron chi connectivity index (χ4n) is 2.69. The molecule has 0 saturated heterocycles. The Morgan fingerprint density at radius 2 is 1.91 bits per heavy atom. The molecule has 1 aliphatic heterocycles. The third-order valence-corrected chi connectivity index (χ3v) is 6.03. The number of hydrogen-bond donors (Lipinski definition) is 0. The van der Waals surface area contributed by atoms with Gasteiger partial charge in [0, 0.05) is 24.0 Å². The van der Waals surface area contributed by atoms with Crippen molar-refractivity contribution in [2.24, 2.45) is 0 Å². The molecule has 1 aliphatic rings. The van der Waals surface area contributed by atoms with Crippen LogP contribution in [0.3, 0.4) is 0 Å². The molecule has 3 rings (SSSR count). The van der Waals surface area contributed by atoms with Gasteiger partial charge in [0.15, 0.2) is 0 Å². The van der Waals surface area contributed by atoms with Crippen molar-refractivity contribution >= 4 is 21.6 Å². The van der Waals surface area contributed by atoms with Crippen LogP contribution in [0.2, 0.25) is 5.02 Å². The molecule has 0 aliphatic carbocycles. The molecule has 1 aromatic heterocycles. The summed E-state index contributed by atoms with van der Waals surface area (Å²) in [4.78, 5) is 4.68. The summed E-state index contributed by atoms with van der Waals surface area (Å²) in [6.45, 7) is 4.94. The van der Waals surface area contributed by atoms with E-state index in [1.165, 1.54) is 4.31 Å². The van der Waals surface area contributed by atoms with Gasteiger partial charge in [-0.25, -0.2) is 13.4 Å². The highest BCUT2D eigenvalue weighted by Crippen LogP contribution is 2.26. The molecule has 0 atom stereocenters. The van der Waals surface area contributed by atoms with Crippen LogP contribution in [0.1, 0.15) is 31.3 Å². The molecule has 0 saturated carbocycles. The molecule has 0 unspecified atom stereocenters. The van der Waals surface area contributed by atoms with Gasteiger partial charge in [0.2, 0.25) is 10.0 Å². The minimum atomic E-state index is -3.51. The molecule has 5 nitrogen and oxygen atoms in total. The number of aromatic nitrogens is 2. The van der Waals surface area contributed by atoms with Gasteiger partial charge in [0.25, 0.3) is 0 Å². The van der Waals surface area contributed by atoms with Crippen LogP contribution in [-0.4, -0.2) is 28.8 Å². The fraction of sp³-hybridized carbons (Fsp3) is 0.400. The van der Waals surface area contributed by atoms with Crippen LogP contribution < -0.4 is 0 Å². The second kappa shape index (κ2) is 5.68. The maximum atomic E-state index is 12.8. The minimum Gasteiger partial charge on any atom is -0.331 e. The maximum Gasteiger partial charge on any atom is 0.243 e. The van der Waals surface area contributed by atoms with E-state index in [2.05, 4.69) is 18.8 Å². The number of fused-ring (bicyclic) bond motifs is 1. The van der Waals surface area contributed by atoms with Crippen molar-refractivity contribution in [2.45, 2.75) is 37.8 Å². The van der Waals surface area contributed by atoms with E-state index in [1.807, 2.05) is 4.57 Å². The van der Waals surface area contributed by atoms with Crippen LogP contribution in [0.25, 0.3) is 0 Å². The quantitative estimate of drug-likeness (QED) is 0.864. The highest BCUT2D eigenvalue weighted by atomic mass is 35.5. The van der Waals surface area contributed by atoms with Crippen molar-refractivity contribution in [3.63, 3.8) is 0 Å². The van der Waals surface area contributed by atoms with E-state index in [0.717, 1.165) is 11.4 Å². The normalized spacial score (nSPS) is 16.0. The average Bonchev–Trinajstić information content (AvgIpc) is 2.90. The molecule has 2 aromatic rings. The second-order valence-electron chi connectivity index (χ2n) is 5.68. The lowest BCUT2D eigenvalue weighted by molar-refractivity contribution is 0.372. The fourth-order valence-corrected chi connectivity index (χ4v) is 4.22. The van der Waals surface area contributed by atoms with E-state index in [0.29, 0.717) is 24.5 Å². The Labute approximate surface area is 135 Å². The highest BCUT2D eigenvalue weighted by Gasteiger charge is 2.30. The van der Waals surface area contributed by atoms with Crippen molar-refractivity contribution in [1.82, 2.24) is 13.9 Å². The summed E-state index contributed by atoms with van der Waals surface area (Å²) in [5.74, 6) is 0. The Hall–Kier alpha value is -1.37. The SMILES string of the molecule is CC(C)n1cnc2c1CN(S(=O)(=O)c1ccc(Cl)cc1)CC2. The second-order valence-corrected chi connectivity index (χ2v) is 8.06. The van der Waals surface area contributed by atoms with Crippen molar-refractivity contribution in [2.75, 3.05) is 6.54 Å². The van der Waals surface area contributed by atoms with Crippen molar-refractivity contribution in [3.8, 4) is 0 Å². The summed E-state index contributed by atoms with van der Waals surface area (Å²) >= 11 is 5.84. The topological polar surface area (TPSA) is 55.2 Å². The first kappa shape index (κ1) is 15.5. The van der Waals surface area contributed by atoms with Gasteiger partial charge in [-0.15, -0.1) is 0 Å². The molecule has 0 radical (unpaired) electrons. The van der Waals surface area contributed by atoms with E-state index < -0.39 is 10.0 Å². The lowest BCUT2D eigenvalue weighted by atomic mass is 10.2. The summed E-state index contributed by atoms with van der Waals surface area (Å²) < 4.78 is 29.1. The van der Waals surface area contributed by atoms with Gasteiger partial charge in [-0.3, -0.25) is 0 Å². The van der Waals surface area contributed by atoms with Crippen LogP contribution >= 0.6 is 11.6 Å². The van der Waals surface area contributed by atoms with E-state index in [1.54, 1.807) is 30.6 Å². The van der Waals surface area contributed by atoms with Gasteiger partial charge in [0.05, 0.1) is 29.2 Å². The number of hydrogen-bond acceptors (Lipinski definition) is 3. The molecule has 1 aromatic carbocycles. The first-order valence-electron chi connectivity index (χ1n) is 7.20. The molecule has 0 bridgehead atoms. The standard InChI is InChI=1S/C15H18ClN3O2S/c1-11(2)19-10-17-14-7-8-18(9-15(14)19)22(20,21)13-5-3-12(16)4-6-13/h3-6,10-11H,7-9H2,1-2H3. The molecule has 22 heavy (non-hydrogen) atoms. The predicted octanol–water partition coefficient (Wildman–Crippen LogP) is 2.86. The van der Waals surface area contributed by atoms with Gasteiger partial charge in [0.1, 0.15) is 0 Å². The van der Waals surface area contributed by atoms with Gasteiger partial charge in [-0.2, -0.15) is 4.31 Å². The average molecular weight is 340 g/mol. The number of nitrogens with zero attached hydrogens (tertiary/aromatic N) is 3. The first-order valence-corrected chi connectivity index (χ1v) is 9.01. The molecule has 118 valence electrons. The van der Waals surface area contributed by atoms with E-state index in [-0.39, 0.29) is 10.9 Å². The van der Waals surface area contributed by atoms with Crippen LogP contribution in [-0.2, 0) is 23.0 Å². The molecule has 0 amide bonds. The zero-order chi connectivity index (χ0) is 15.9. The van der Waals surface area contributed by atoms with Gasteiger partial charge in [-0.1, -0.05) is 11.6 Å². The Balaban J connectivity index is 1.93. The summed E-state index contributed by atoms with van der Waals surface area (Å²) in [7, 11) is -3.51. The largest absolute Gasteiger partial charge is 0.331 e. The number of benzene rings is 1. The van der Waals surface area contributed by atoms with Crippen LogP contribution in [0.5, 0.6) is 0 Å². The molecular formula is C15H18ClN3O2S. The van der Waals surface area contributed by atoms with Crippen LogP contribution in [0.15, 0.2) is 35.5 Å². The smallest absolute Gasteiger partial charge is 0.243 e. The van der Waals surface area contributed by atoms with Crippen molar-refractivity contribution < 1.29 is 8.42 Å². The third kappa shape index (κ3) is 2.66. The maximum absolute atomic E-state index is 12.8. The number of halogens is 1. The van der Waals surface area contributed by atoms with E-state index >= 15 is 0 Å². The summed E-state index contributed by atoms with van der Waals surface area (Å²) in [6, 6.07) is 6.55. The van der Waals surface area contributed by atoms with Crippen LogP contribution in [0.4, 0.5) is 0 Å². The lowest BCUT2D eigenvalue weighted by Gasteiger charge is -2.27. The summed E-state index contributed by atoms with van der Waals surface area (Å²) in [5, 5.41) is 0.526. The zero-order valence-electron chi connectivity index (χ0n) is 12.5. The molecule has 0 spiro atoms. The van der Waals surface area contributed by atoms with Crippen LogP contribution in [0, 0.1) is 0 Å². The Morgan fingerprint density at radius 3 is 2.55 bits per heavy atom. The summed E-state index contributed by atoms with van der Waals surface area (Å²) in [5.41, 5.74) is 1.98. The Kier molecular flexibility index (Phi) is 4.01.